The maximum absolute atomic E-state index is 5.25. The van der Waals surface area contributed by atoms with Crippen LogP contribution in [0.3, 0.4) is 0 Å². The van der Waals surface area contributed by atoms with Crippen LogP contribution in [0.25, 0.3) is 0 Å². The summed E-state index contributed by atoms with van der Waals surface area (Å²) in [7, 11) is 0. The Kier molecular flexibility index (Phi) is 4.17. The van der Waals surface area contributed by atoms with E-state index >= 15 is 0 Å². The van der Waals surface area contributed by atoms with Crippen molar-refractivity contribution in [3.05, 3.63) is 10.6 Å². The highest BCUT2D eigenvalue weighted by Gasteiger charge is 1.80. The molecular weight excluding hydrogens is 142 g/mol. The molecule has 36 valence electrons. The summed E-state index contributed by atoms with van der Waals surface area (Å²) in [5, 5.41) is 0.471. The molecule has 3 heteroatoms. The van der Waals surface area contributed by atoms with E-state index in [1.54, 1.807) is 0 Å². The first-order valence-corrected chi connectivity index (χ1v) is 2.67. The normalized spacial score (nSPS) is 12.2. The molecule has 0 saturated heterocycles. The largest absolute Gasteiger partial charge is 0.121 e. The number of alkyl halides is 1. The van der Waals surface area contributed by atoms with E-state index in [0.717, 1.165) is 0 Å². The highest BCUT2D eigenvalue weighted by Crippen LogP contribution is 2.03. The van der Waals surface area contributed by atoms with Crippen molar-refractivity contribution in [1.82, 2.24) is 0 Å². The molecule has 0 amide bonds. The summed E-state index contributed by atoms with van der Waals surface area (Å²) in [4.78, 5) is 0. The minimum Gasteiger partial charge on any atom is -0.121 e. The fourth-order valence-electron chi connectivity index (χ4n) is 0.0292. The molecule has 0 unspecified atom stereocenters. The standard InChI is InChI=1S/C3H3Cl3/c4-1-3(6)2-5/h1H,2H2/b3-1-. The molecular formula is C3H3Cl3. The molecule has 0 aliphatic heterocycles. The van der Waals surface area contributed by atoms with Gasteiger partial charge < -0.3 is 0 Å². The van der Waals surface area contributed by atoms with Gasteiger partial charge in [-0.3, -0.25) is 0 Å². The van der Waals surface area contributed by atoms with Crippen molar-refractivity contribution in [3.63, 3.8) is 0 Å². The van der Waals surface area contributed by atoms with Crippen molar-refractivity contribution in [3.8, 4) is 0 Å². The maximum Gasteiger partial charge on any atom is 0.0590 e. The van der Waals surface area contributed by atoms with Crippen LogP contribution in [0.4, 0.5) is 0 Å². The first kappa shape index (κ1) is 6.61. The molecule has 0 aliphatic rings. The van der Waals surface area contributed by atoms with E-state index in [1.807, 2.05) is 0 Å². The minimum atomic E-state index is 0.297. The van der Waals surface area contributed by atoms with E-state index in [4.69, 9.17) is 34.8 Å². The van der Waals surface area contributed by atoms with Crippen LogP contribution in [0.2, 0.25) is 0 Å². The average Bonchev–Trinajstić information content (AvgIpc) is 1.65. The van der Waals surface area contributed by atoms with E-state index in [0.29, 0.717) is 10.9 Å². The zero-order valence-electron chi connectivity index (χ0n) is 2.92. The summed E-state index contributed by atoms with van der Waals surface area (Å²) >= 11 is 15.5. The van der Waals surface area contributed by atoms with Gasteiger partial charge in [-0.1, -0.05) is 23.2 Å². The molecule has 0 radical (unpaired) electrons. The summed E-state index contributed by atoms with van der Waals surface area (Å²) in [5.41, 5.74) is 1.24. The molecule has 0 spiro atoms. The van der Waals surface area contributed by atoms with Crippen LogP contribution in [0, 0.1) is 0 Å². The van der Waals surface area contributed by atoms with Crippen molar-refractivity contribution < 1.29 is 0 Å². The molecule has 0 aliphatic carbocycles. The number of rotatable bonds is 1. The van der Waals surface area contributed by atoms with Gasteiger partial charge >= 0.3 is 0 Å². The highest BCUT2D eigenvalue weighted by molar-refractivity contribution is 6.40. The van der Waals surface area contributed by atoms with E-state index in [2.05, 4.69) is 0 Å². The van der Waals surface area contributed by atoms with E-state index in [9.17, 15) is 0 Å². The zero-order valence-corrected chi connectivity index (χ0v) is 5.19. The quantitative estimate of drug-likeness (QED) is 0.498. The Labute approximate surface area is 51.7 Å². The van der Waals surface area contributed by atoms with E-state index < -0.39 is 0 Å². The van der Waals surface area contributed by atoms with Crippen LogP contribution in [-0.2, 0) is 0 Å². The second kappa shape index (κ2) is 3.79. The summed E-state index contributed by atoms with van der Waals surface area (Å²) in [6.07, 6.45) is 0. The van der Waals surface area contributed by atoms with Gasteiger partial charge in [-0.15, -0.1) is 11.6 Å². The lowest BCUT2D eigenvalue weighted by molar-refractivity contribution is 1.71. The Morgan fingerprint density at radius 1 is 1.67 bits per heavy atom. The second-order valence-corrected chi connectivity index (χ2v) is 1.66. The molecule has 0 aromatic rings. The van der Waals surface area contributed by atoms with Gasteiger partial charge in [0, 0.05) is 10.6 Å². The molecule has 0 saturated carbocycles. The van der Waals surface area contributed by atoms with Crippen LogP contribution < -0.4 is 0 Å². The SMILES string of the molecule is Cl/C=C(\Cl)CCl. The monoisotopic (exact) mass is 144 g/mol. The van der Waals surface area contributed by atoms with Crippen LogP contribution in [0.1, 0.15) is 0 Å². The summed E-state index contributed by atoms with van der Waals surface area (Å²) in [6, 6.07) is 0. The van der Waals surface area contributed by atoms with Crippen molar-refractivity contribution in [1.29, 1.82) is 0 Å². The first-order chi connectivity index (χ1) is 2.81. The lowest BCUT2D eigenvalue weighted by atomic mass is 10.7. The van der Waals surface area contributed by atoms with Crippen molar-refractivity contribution in [2.75, 3.05) is 5.88 Å². The molecule has 0 N–H and O–H groups in total. The Bertz CT molecular complexity index is 57.1. The lowest BCUT2D eigenvalue weighted by Gasteiger charge is -1.78. The highest BCUT2D eigenvalue weighted by atomic mass is 35.5. The van der Waals surface area contributed by atoms with E-state index in [1.165, 1.54) is 5.54 Å². The number of allylic oxidation sites excluding steroid dienone is 1. The Morgan fingerprint density at radius 3 is 2.17 bits per heavy atom. The first-order valence-electron chi connectivity index (χ1n) is 1.32. The number of hydrogen-bond acceptors (Lipinski definition) is 0. The van der Waals surface area contributed by atoms with Gasteiger partial charge in [0.05, 0.1) is 5.88 Å². The van der Waals surface area contributed by atoms with Crippen molar-refractivity contribution in [2.24, 2.45) is 0 Å². The smallest absolute Gasteiger partial charge is 0.0590 e. The van der Waals surface area contributed by atoms with Crippen LogP contribution in [0.15, 0.2) is 10.6 Å². The van der Waals surface area contributed by atoms with Crippen LogP contribution in [-0.4, -0.2) is 5.88 Å². The number of hydrogen-bond donors (Lipinski definition) is 0. The van der Waals surface area contributed by atoms with Gasteiger partial charge in [-0.2, -0.15) is 0 Å². The third-order valence-corrected chi connectivity index (χ3v) is 1.29. The van der Waals surface area contributed by atoms with Gasteiger partial charge in [0.2, 0.25) is 0 Å². The Hall–Kier alpha value is 0.610. The van der Waals surface area contributed by atoms with Crippen molar-refractivity contribution >= 4 is 34.8 Å². The molecule has 0 nitrogen and oxygen atoms in total. The molecule has 0 bridgehead atoms. The van der Waals surface area contributed by atoms with Gasteiger partial charge in [-0.25, -0.2) is 0 Å². The van der Waals surface area contributed by atoms with Gasteiger partial charge in [0.1, 0.15) is 0 Å². The van der Waals surface area contributed by atoms with E-state index in [-0.39, 0.29) is 0 Å². The average molecular weight is 145 g/mol. The fraction of sp³-hybridized carbons (Fsp3) is 0.333. The Morgan fingerprint density at radius 2 is 2.17 bits per heavy atom. The predicted molar refractivity (Wildman–Crippen MR) is 30.5 cm³/mol. The fourth-order valence-corrected chi connectivity index (χ4v) is 0.262. The molecule has 0 atom stereocenters. The van der Waals surface area contributed by atoms with Crippen LogP contribution in [0.5, 0.6) is 0 Å². The van der Waals surface area contributed by atoms with Crippen molar-refractivity contribution in [2.45, 2.75) is 0 Å². The minimum absolute atomic E-state index is 0.297. The number of halogens is 3. The van der Waals surface area contributed by atoms with Crippen LogP contribution >= 0.6 is 34.8 Å². The zero-order chi connectivity index (χ0) is 4.99. The molecule has 0 aromatic heterocycles. The lowest BCUT2D eigenvalue weighted by Crippen LogP contribution is -1.64. The predicted octanol–water partition coefficient (Wildman–Crippen LogP) is 2.54. The van der Waals surface area contributed by atoms with Gasteiger partial charge in [-0.05, 0) is 0 Å². The summed E-state index contributed by atoms with van der Waals surface area (Å²) in [6.45, 7) is 0. The molecule has 0 fully saturated rings. The third kappa shape index (κ3) is 2.83. The Balaban J connectivity index is 3.22. The molecule has 0 aromatic carbocycles. The maximum atomic E-state index is 5.25. The van der Waals surface area contributed by atoms with Gasteiger partial charge in [0.25, 0.3) is 0 Å². The second-order valence-electron chi connectivity index (χ2n) is 0.690. The molecule has 0 heterocycles. The topological polar surface area (TPSA) is 0 Å². The third-order valence-electron chi connectivity index (χ3n) is 0.246. The molecule has 6 heavy (non-hydrogen) atoms. The summed E-state index contributed by atoms with van der Waals surface area (Å²) < 4.78 is 0. The molecule has 0 rings (SSSR count). The van der Waals surface area contributed by atoms with Gasteiger partial charge in [0.15, 0.2) is 0 Å². The summed E-state index contributed by atoms with van der Waals surface area (Å²) in [5.74, 6) is 0.297.